The molecule has 0 aliphatic heterocycles. The monoisotopic (exact) mass is 372 g/mol. The SMILES string of the molecule is O=c1[nH]c(CSCCOc2ccccc2)nc2sc3c(c12)CCCC3. The first-order chi connectivity index (χ1) is 12.3. The number of aromatic amines is 1. The van der Waals surface area contributed by atoms with Gasteiger partial charge in [-0.05, 0) is 43.4 Å². The second-order valence-electron chi connectivity index (χ2n) is 6.12. The van der Waals surface area contributed by atoms with Crippen LogP contribution in [0, 0.1) is 0 Å². The molecule has 1 aromatic carbocycles. The normalized spacial score (nSPS) is 13.8. The van der Waals surface area contributed by atoms with Gasteiger partial charge in [0.2, 0.25) is 0 Å². The van der Waals surface area contributed by atoms with Crippen LogP contribution in [0.3, 0.4) is 0 Å². The third-order valence-electron chi connectivity index (χ3n) is 4.35. The number of H-pyrrole nitrogens is 1. The largest absolute Gasteiger partial charge is 0.493 e. The highest BCUT2D eigenvalue weighted by Crippen LogP contribution is 2.33. The van der Waals surface area contributed by atoms with Crippen molar-refractivity contribution in [3.8, 4) is 5.75 Å². The number of rotatable bonds is 6. The lowest BCUT2D eigenvalue weighted by Crippen LogP contribution is -2.12. The van der Waals surface area contributed by atoms with Crippen LogP contribution in [-0.4, -0.2) is 22.3 Å². The van der Waals surface area contributed by atoms with Crippen molar-refractivity contribution in [1.29, 1.82) is 0 Å². The highest BCUT2D eigenvalue weighted by Gasteiger charge is 2.19. The lowest BCUT2D eigenvalue weighted by Gasteiger charge is -2.09. The summed E-state index contributed by atoms with van der Waals surface area (Å²) in [5, 5.41) is 0.834. The molecule has 6 heteroatoms. The van der Waals surface area contributed by atoms with Gasteiger partial charge in [-0.15, -0.1) is 11.3 Å². The van der Waals surface area contributed by atoms with Gasteiger partial charge in [-0.2, -0.15) is 11.8 Å². The van der Waals surface area contributed by atoms with E-state index in [0.29, 0.717) is 12.4 Å². The molecule has 1 N–H and O–H groups in total. The lowest BCUT2D eigenvalue weighted by atomic mass is 9.97. The number of thiophene rings is 1. The Labute approximate surface area is 154 Å². The van der Waals surface area contributed by atoms with Crippen molar-refractivity contribution in [2.75, 3.05) is 12.4 Å². The maximum atomic E-state index is 12.5. The summed E-state index contributed by atoms with van der Waals surface area (Å²) in [6, 6.07) is 9.81. The number of aryl methyl sites for hydroxylation is 2. The van der Waals surface area contributed by atoms with E-state index in [4.69, 9.17) is 9.72 Å². The molecule has 0 spiro atoms. The van der Waals surface area contributed by atoms with E-state index in [-0.39, 0.29) is 5.56 Å². The molecule has 1 aliphatic carbocycles. The fourth-order valence-corrected chi connectivity index (χ4v) is 5.14. The van der Waals surface area contributed by atoms with Crippen molar-refractivity contribution in [2.24, 2.45) is 0 Å². The zero-order valence-electron chi connectivity index (χ0n) is 13.9. The van der Waals surface area contributed by atoms with Crippen molar-refractivity contribution < 1.29 is 4.74 Å². The molecule has 2 aromatic heterocycles. The van der Waals surface area contributed by atoms with Gasteiger partial charge in [0.15, 0.2) is 0 Å². The molecule has 0 atom stereocenters. The van der Waals surface area contributed by atoms with Crippen LogP contribution in [0.1, 0.15) is 29.1 Å². The molecule has 25 heavy (non-hydrogen) atoms. The smallest absolute Gasteiger partial charge is 0.259 e. The number of benzene rings is 1. The van der Waals surface area contributed by atoms with Crippen LogP contribution < -0.4 is 10.3 Å². The minimum atomic E-state index is 0.0283. The average Bonchev–Trinajstić information content (AvgIpc) is 3.01. The Morgan fingerprint density at radius 3 is 2.92 bits per heavy atom. The minimum Gasteiger partial charge on any atom is -0.493 e. The maximum absolute atomic E-state index is 12.5. The van der Waals surface area contributed by atoms with Crippen molar-refractivity contribution in [2.45, 2.75) is 31.4 Å². The number of thioether (sulfide) groups is 1. The van der Waals surface area contributed by atoms with Gasteiger partial charge < -0.3 is 9.72 Å². The van der Waals surface area contributed by atoms with E-state index in [2.05, 4.69) is 4.98 Å². The van der Waals surface area contributed by atoms with E-state index < -0.39 is 0 Å². The third kappa shape index (κ3) is 3.75. The van der Waals surface area contributed by atoms with Gasteiger partial charge in [0.1, 0.15) is 16.4 Å². The summed E-state index contributed by atoms with van der Waals surface area (Å²) >= 11 is 3.43. The number of fused-ring (bicyclic) bond motifs is 3. The molecule has 0 saturated heterocycles. The van der Waals surface area contributed by atoms with Crippen LogP contribution in [0.5, 0.6) is 5.75 Å². The molecular formula is C19H20N2O2S2. The van der Waals surface area contributed by atoms with E-state index in [1.54, 1.807) is 23.1 Å². The molecular weight excluding hydrogens is 352 g/mol. The Morgan fingerprint density at radius 1 is 1.20 bits per heavy atom. The van der Waals surface area contributed by atoms with E-state index in [1.165, 1.54) is 23.3 Å². The Bertz CT molecular complexity index is 918. The summed E-state index contributed by atoms with van der Waals surface area (Å²) in [5.41, 5.74) is 1.27. The topological polar surface area (TPSA) is 55.0 Å². The molecule has 1 aliphatic rings. The second kappa shape index (κ2) is 7.62. The molecule has 0 radical (unpaired) electrons. The third-order valence-corrected chi connectivity index (χ3v) is 6.47. The molecule has 0 amide bonds. The number of hydrogen-bond donors (Lipinski definition) is 1. The quantitative estimate of drug-likeness (QED) is 0.660. The van der Waals surface area contributed by atoms with Crippen molar-refractivity contribution >= 4 is 33.3 Å². The number of ether oxygens (including phenoxy) is 1. The van der Waals surface area contributed by atoms with Crippen molar-refractivity contribution in [3.63, 3.8) is 0 Å². The zero-order valence-corrected chi connectivity index (χ0v) is 15.5. The van der Waals surface area contributed by atoms with Crippen LogP contribution in [0.2, 0.25) is 0 Å². The van der Waals surface area contributed by atoms with Gasteiger partial charge in [0.05, 0.1) is 17.7 Å². The van der Waals surface area contributed by atoms with E-state index in [1.807, 2.05) is 30.3 Å². The van der Waals surface area contributed by atoms with Crippen LogP contribution in [0.15, 0.2) is 35.1 Å². The van der Waals surface area contributed by atoms with E-state index in [0.717, 1.165) is 40.4 Å². The first-order valence-corrected chi connectivity index (χ1v) is 10.6. The summed E-state index contributed by atoms with van der Waals surface area (Å²) in [6.45, 7) is 0.647. The Balaban J connectivity index is 1.38. The van der Waals surface area contributed by atoms with Crippen molar-refractivity contribution in [3.05, 3.63) is 57.0 Å². The molecule has 0 unspecified atom stereocenters. The average molecular weight is 373 g/mol. The fourth-order valence-electron chi connectivity index (χ4n) is 3.18. The number of para-hydroxylation sites is 1. The predicted molar refractivity (Wildman–Crippen MR) is 105 cm³/mol. The second-order valence-corrected chi connectivity index (χ2v) is 8.31. The number of nitrogens with one attached hydrogen (secondary N) is 1. The van der Waals surface area contributed by atoms with Crippen LogP contribution >= 0.6 is 23.1 Å². The zero-order chi connectivity index (χ0) is 17.1. The van der Waals surface area contributed by atoms with Gasteiger partial charge in [0.25, 0.3) is 5.56 Å². The lowest BCUT2D eigenvalue weighted by molar-refractivity contribution is 0.344. The molecule has 0 saturated carbocycles. The van der Waals surface area contributed by atoms with Gasteiger partial charge >= 0.3 is 0 Å². The fraction of sp³-hybridized carbons (Fsp3) is 0.368. The predicted octanol–water partition coefficient (Wildman–Crippen LogP) is 4.18. The van der Waals surface area contributed by atoms with Gasteiger partial charge in [0, 0.05) is 10.6 Å². The van der Waals surface area contributed by atoms with Gasteiger partial charge in [-0.1, -0.05) is 18.2 Å². The minimum absolute atomic E-state index is 0.0283. The van der Waals surface area contributed by atoms with E-state index in [9.17, 15) is 4.79 Å². The van der Waals surface area contributed by atoms with Crippen LogP contribution in [0.25, 0.3) is 10.2 Å². The van der Waals surface area contributed by atoms with Gasteiger partial charge in [-0.3, -0.25) is 4.79 Å². The summed E-state index contributed by atoms with van der Waals surface area (Å²) in [7, 11) is 0. The standard InChI is InChI=1S/C19H20N2O2S2/c22-18-17-14-8-4-5-9-15(14)25-19(17)21-16(20-18)12-24-11-10-23-13-6-2-1-3-7-13/h1-3,6-7H,4-5,8-12H2,(H,20,21,22). The summed E-state index contributed by atoms with van der Waals surface area (Å²) in [5.74, 6) is 3.21. The molecule has 0 bridgehead atoms. The first-order valence-electron chi connectivity index (χ1n) is 8.60. The molecule has 3 aromatic rings. The van der Waals surface area contributed by atoms with E-state index >= 15 is 0 Å². The highest BCUT2D eigenvalue weighted by molar-refractivity contribution is 7.98. The summed E-state index contributed by atoms with van der Waals surface area (Å²) < 4.78 is 5.68. The maximum Gasteiger partial charge on any atom is 0.259 e. The summed E-state index contributed by atoms with van der Waals surface area (Å²) in [4.78, 5) is 22.4. The summed E-state index contributed by atoms with van der Waals surface area (Å²) in [6.07, 6.45) is 4.51. The molecule has 2 heterocycles. The van der Waals surface area contributed by atoms with Crippen LogP contribution in [0.4, 0.5) is 0 Å². The number of hydrogen-bond acceptors (Lipinski definition) is 5. The molecule has 130 valence electrons. The molecule has 4 nitrogen and oxygen atoms in total. The van der Waals surface area contributed by atoms with Crippen molar-refractivity contribution in [1.82, 2.24) is 9.97 Å². The Hall–Kier alpha value is -1.79. The first kappa shape index (κ1) is 16.7. The van der Waals surface area contributed by atoms with Gasteiger partial charge in [-0.25, -0.2) is 4.98 Å². The number of nitrogens with zero attached hydrogens (tertiary/aromatic N) is 1. The Morgan fingerprint density at radius 2 is 2.04 bits per heavy atom. The van der Waals surface area contributed by atoms with Crippen LogP contribution in [-0.2, 0) is 18.6 Å². The highest BCUT2D eigenvalue weighted by atomic mass is 32.2. The molecule has 0 fully saturated rings. The number of aromatic nitrogens is 2. The Kier molecular flexibility index (Phi) is 5.08. The molecule has 4 rings (SSSR count).